The van der Waals surface area contributed by atoms with Crippen LogP contribution in [0.5, 0.6) is 0 Å². The molecule has 158 valence electrons. The Morgan fingerprint density at radius 3 is 2.52 bits per heavy atom. The van der Waals surface area contributed by atoms with Gasteiger partial charge in [-0.15, -0.1) is 0 Å². The van der Waals surface area contributed by atoms with Crippen molar-refractivity contribution in [1.29, 1.82) is 0 Å². The molecule has 0 amide bonds. The molecular weight excluding hydrogens is 387 g/mol. The number of carboxylic acid groups (broad SMARTS) is 1. The first-order valence-corrected chi connectivity index (χ1v) is 9.54. The predicted octanol–water partition coefficient (Wildman–Crippen LogP) is 3.02. The lowest BCUT2D eigenvalue weighted by Gasteiger charge is -2.24. The first-order valence-electron chi connectivity index (χ1n) is 9.54. The maximum absolute atomic E-state index is 10.9. The first kappa shape index (κ1) is 21.3. The Bertz CT molecular complexity index is 838. The van der Waals surface area contributed by atoms with Crippen LogP contribution in [0.25, 0.3) is 0 Å². The van der Waals surface area contributed by atoms with E-state index in [2.05, 4.69) is 15.1 Å². The van der Waals surface area contributed by atoms with E-state index in [0.717, 1.165) is 37.9 Å². The molecule has 1 aliphatic heterocycles. The summed E-state index contributed by atoms with van der Waals surface area (Å²) in [6.07, 6.45) is 0.539. The van der Waals surface area contributed by atoms with Crippen LogP contribution in [0, 0.1) is 0 Å². The van der Waals surface area contributed by atoms with E-state index in [1.807, 2.05) is 30.3 Å². The van der Waals surface area contributed by atoms with Crippen molar-refractivity contribution in [3.63, 3.8) is 0 Å². The lowest BCUT2D eigenvalue weighted by Crippen LogP contribution is -2.30. The number of hydrogen-bond donors (Lipinski definition) is 3. The number of aliphatic carboxylic acids is 1. The molecule has 6 nitrogen and oxygen atoms in total. The van der Waals surface area contributed by atoms with E-state index in [1.165, 1.54) is 29.8 Å². The molecule has 0 spiro atoms. The Hall–Kier alpha value is -2.39. The van der Waals surface area contributed by atoms with Gasteiger partial charge in [-0.05, 0) is 43.2 Å². The summed E-state index contributed by atoms with van der Waals surface area (Å²) in [6, 6.07) is 10.1. The topological polar surface area (TPSA) is 89.4 Å². The fourth-order valence-electron chi connectivity index (χ4n) is 3.88. The van der Waals surface area contributed by atoms with Gasteiger partial charge in [0.05, 0.1) is 5.69 Å². The Kier molecular flexibility index (Phi) is 6.28. The number of aliphatic hydroxyl groups is 1. The van der Waals surface area contributed by atoms with Crippen LogP contribution in [0.3, 0.4) is 0 Å². The molecule has 2 aliphatic rings. The second-order valence-electron chi connectivity index (χ2n) is 7.50. The van der Waals surface area contributed by atoms with Crippen molar-refractivity contribution in [2.45, 2.75) is 50.4 Å². The van der Waals surface area contributed by atoms with Gasteiger partial charge in [-0.2, -0.15) is 18.3 Å². The highest BCUT2D eigenvalue weighted by Gasteiger charge is 2.38. The molecule has 4 rings (SSSR count). The zero-order chi connectivity index (χ0) is 21.1. The minimum absolute atomic E-state index is 0.693. The number of carbonyl (C=O) groups is 1. The minimum Gasteiger partial charge on any atom is -0.475 e. The molecule has 2 heterocycles. The highest BCUT2D eigenvalue weighted by atomic mass is 19.4. The van der Waals surface area contributed by atoms with Gasteiger partial charge in [0.2, 0.25) is 0 Å². The Morgan fingerprint density at radius 2 is 1.86 bits per heavy atom. The Balaban J connectivity index is 0.000000298. The number of rotatable bonds is 3. The number of H-pyrrole nitrogens is 1. The zero-order valence-corrected chi connectivity index (χ0v) is 15.9. The van der Waals surface area contributed by atoms with Crippen molar-refractivity contribution in [3.8, 4) is 0 Å². The normalized spacial score (nSPS) is 21.9. The third-order valence-corrected chi connectivity index (χ3v) is 5.40. The number of hydrogen-bond acceptors (Lipinski definition) is 4. The number of aromatic amines is 1. The second-order valence-corrected chi connectivity index (χ2v) is 7.50. The van der Waals surface area contributed by atoms with Crippen molar-refractivity contribution in [3.05, 3.63) is 52.8 Å². The van der Waals surface area contributed by atoms with E-state index in [0.29, 0.717) is 6.54 Å². The van der Waals surface area contributed by atoms with Crippen LogP contribution >= 0.6 is 0 Å². The molecule has 3 N–H and O–H groups in total. The van der Waals surface area contributed by atoms with Gasteiger partial charge in [0, 0.05) is 25.3 Å². The number of benzene rings is 1. The van der Waals surface area contributed by atoms with Gasteiger partial charge in [0.1, 0.15) is 5.60 Å². The van der Waals surface area contributed by atoms with E-state index in [-0.39, 0.29) is 0 Å². The van der Waals surface area contributed by atoms with Crippen LogP contribution in [-0.2, 0) is 29.8 Å². The van der Waals surface area contributed by atoms with Crippen molar-refractivity contribution in [2.75, 3.05) is 13.1 Å². The van der Waals surface area contributed by atoms with Gasteiger partial charge in [0.15, 0.2) is 0 Å². The van der Waals surface area contributed by atoms with Crippen molar-refractivity contribution in [1.82, 2.24) is 15.1 Å². The summed E-state index contributed by atoms with van der Waals surface area (Å²) in [5.41, 5.74) is 4.27. The average Bonchev–Trinajstić information content (AvgIpc) is 3.27. The van der Waals surface area contributed by atoms with Gasteiger partial charge < -0.3 is 10.2 Å². The highest BCUT2D eigenvalue weighted by molar-refractivity contribution is 5.73. The number of alkyl halides is 3. The number of halogens is 3. The smallest absolute Gasteiger partial charge is 0.475 e. The van der Waals surface area contributed by atoms with E-state index < -0.39 is 17.7 Å². The molecule has 1 aliphatic carbocycles. The Labute approximate surface area is 166 Å². The van der Waals surface area contributed by atoms with Crippen LogP contribution in [0.1, 0.15) is 41.8 Å². The van der Waals surface area contributed by atoms with Crippen LogP contribution in [0.4, 0.5) is 13.2 Å². The molecule has 0 saturated carbocycles. The number of aromatic nitrogens is 2. The standard InChI is InChI=1S/C18H23N3O.C2HF3O2/c22-18(14-6-2-1-3-7-14)10-11-21(13-18)12-17-15-8-4-5-9-16(15)19-20-17;3-2(4,5)1(6)7/h1-3,6-7,22H,4-5,8-13H2,(H,19,20);(H,6,7). The molecule has 1 saturated heterocycles. The number of nitrogens with one attached hydrogen (secondary N) is 1. The number of likely N-dealkylation sites (tertiary alicyclic amines) is 1. The fourth-order valence-corrected chi connectivity index (χ4v) is 3.88. The summed E-state index contributed by atoms with van der Waals surface area (Å²) in [7, 11) is 0. The van der Waals surface area contributed by atoms with E-state index in [4.69, 9.17) is 9.90 Å². The third kappa shape index (κ3) is 5.16. The lowest BCUT2D eigenvalue weighted by atomic mass is 9.93. The highest BCUT2D eigenvalue weighted by Crippen LogP contribution is 2.33. The Morgan fingerprint density at radius 1 is 1.21 bits per heavy atom. The number of aryl methyl sites for hydroxylation is 1. The second kappa shape index (κ2) is 8.54. The molecule has 1 aromatic carbocycles. The largest absolute Gasteiger partial charge is 0.490 e. The summed E-state index contributed by atoms with van der Waals surface area (Å²) in [6.45, 7) is 2.46. The molecule has 2 aromatic rings. The third-order valence-electron chi connectivity index (χ3n) is 5.40. The fraction of sp³-hybridized carbons (Fsp3) is 0.500. The van der Waals surface area contributed by atoms with Crippen LogP contribution in [0.15, 0.2) is 30.3 Å². The zero-order valence-electron chi connectivity index (χ0n) is 15.9. The van der Waals surface area contributed by atoms with Crippen molar-refractivity contribution < 1.29 is 28.2 Å². The van der Waals surface area contributed by atoms with E-state index >= 15 is 0 Å². The minimum atomic E-state index is -5.08. The number of fused-ring (bicyclic) bond motifs is 1. The summed E-state index contributed by atoms with van der Waals surface area (Å²) in [5.74, 6) is -2.76. The molecule has 1 aromatic heterocycles. The van der Waals surface area contributed by atoms with Gasteiger partial charge in [-0.1, -0.05) is 30.3 Å². The van der Waals surface area contributed by atoms with E-state index in [9.17, 15) is 18.3 Å². The van der Waals surface area contributed by atoms with Crippen molar-refractivity contribution in [2.24, 2.45) is 0 Å². The summed E-state index contributed by atoms with van der Waals surface area (Å²) < 4.78 is 31.7. The van der Waals surface area contributed by atoms with Gasteiger partial charge >= 0.3 is 12.1 Å². The molecule has 0 radical (unpaired) electrons. The molecule has 1 atom stereocenters. The number of β-amino-alcohol motifs (C(OH)–C–C–N with tert-alkyl or cyclic N) is 1. The summed E-state index contributed by atoms with van der Waals surface area (Å²) >= 11 is 0. The first-order chi connectivity index (χ1) is 13.7. The van der Waals surface area contributed by atoms with Gasteiger partial charge in [-0.25, -0.2) is 4.79 Å². The predicted molar refractivity (Wildman–Crippen MR) is 99.2 cm³/mol. The lowest BCUT2D eigenvalue weighted by molar-refractivity contribution is -0.192. The average molecular weight is 411 g/mol. The molecule has 9 heteroatoms. The summed E-state index contributed by atoms with van der Waals surface area (Å²) in [4.78, 5) is 11.2. The molecular formula is C20H24F3N3O3. The molecule has 1 fully saturated rings. The SMILES string of the molecule is O=C(O)C(F)(F)F.OC1(c2ccccc2)CCN(Cc2n[nH]c3c2CCCC3)C1. The number of carboxylic acids is 1. The van der Waals surface area contributed by atoms with Crippen LogP contribution in [0.2, 0.25) is 0 Å². The maximum Gasteiger partial charge on any atom is 0.490 e. The monoisotopic (exact) mass is 411 g/mol. The van der Waals surface area contributed by atoms with E-state index in [1.54, 1.807) is 0 Å². The molecule has 1 unspecified atom stereocenters. The summed E-state index contributed by atoms with van der Waals surface area (Å²) in [5, 5.41) is 25.8. The van der Waals surface area contributed by atoms with Crippen molar-refractivity contribution >= 4 is 5.97 Å². The van der Waals surface area contributed by atoms with Crippen LogP contribution in [-0.4, -0.2) is 50.5 Å². The van der Waals surface area contributed by atoms with Gasteiger partial charge in [0.25, 0.3) is 0 Å². The number of nitrogens with zero attached hydrogens (tertiary/aromatic N) is 2. The molecule has 29 heavy (non-hydrogen) atoms. The van der Waals surface area contributed by atoms with Crippen LogP contribution < -0.4 is 0 Å². The maximum atomic E-state index is 10.9. The molecule has 0 bridgehead atoms. The van der Waals surface area contributed by atoms with Gasteiger partial charge in [-0.3, -0.25) is 10.00 Å². The quantitative estimate of drug-likeness (QED) is 0.723.